The molecule has 0 atom stereocenters. The first kappa shape index (κ1) is 27.4. The minimum absolute atomic E-state index is 0.0398. The molecule has 0 spiro atoms. The van der Waals surface area contributed by atoms with Crippen molar-refractivity contribution in [3.05, 3.63) is 29.8 Å². The second-order valence-electron chi connectivity index (χ2n) is 9.80. The first-order valence-electron chi connectivity index (χ1n) is 12.4. The monoisotopic (exact) mass is 447 g/mol. The molecule has 5 heteroatoms. The molecule has 0 unspecified atom stereocenters. The van der Waals surface area contributed by atoms with Gasteiger partial charge in [-0.15, -0.1) is 0 Å². The van der Waals surface area contributed by atoms with Gasteiger partial charge >= 0.3 is 5.97 Å². The second-order valence-corrected chi connectivity index (χ2v) is 15.4. The van der Waals surface area contributed by atoms with Crippen molar-refractivity contribution >= 4 is 25.6 Å². The smallest absolute Gasteiger partial charge is 0.338 e. The number of hydrogen-bond acceptors (Lipinski definition) is 3. The summed E-state index contributed by atoms with van der Waals surface area (Å²) in [5.74, 6) is -0.296. The third kappa shape index (κ3) is 14.9. The van der Waals surface area contributed by atoms with Crippen molar-refractivity contribution in [3.63, 3.8) is 0 Å². The molecule has 1 N–H and O–H groups in total. The summed E-state index contributed by atoms with van der Waals surface area (Å²) in [4.78, 5) is 23.7. The molecule has 1 aromatic carbocycles. The summed E-state index contributed by atoms with van der Waals surface area (Å²) in [6.07, 6.45) is 14.8. The number of carbonyl (C=O) groups is 2. The molecule has 0 aliphatic carbocycles. The average Bonchev–Trinajstić information content (AvgIpc) is 2.71. The molecule has 0 aromatic heterocycles. The van der Waals surface area contributed by atoms with Crippen LogP contribution in [0.25, 0.3) is 0 Å². The van der Waals surface area contributed by atoms with Crippen LogP contribution in [0, 0.1) is 0 Å². The molecule has 1 amide bonds. The minimum atomic E-state index is -0.831. The van der Waals surface area contributed by atoms with Gasteiger partial charge in [-0.3, -0.25) is 4.79 Å². The SMILES string of the molecule is CCOC(=O)c1ccc(NC(=O)CCCCCCCCCCCCC[Si](C)(C)C)cc1. The molecule has 0 radical (unpaired) electrons. The van der Waals surface area contributed by atoms with E-state index in [1.807, 2.05) is 0 Å². The zero-order chi connectivity index (χ0) is 23.0. The number of amides is 1. The van der Waals surface area contributed by atoms with Crippen LogP contribution in [-0.4, -0.2) is 26.6 Å². The molecular formula is C26H45NO3Si. The Kier molecular flexibility index (Phi) is 14.2. The molecule has 1 rings (SSSR count). The van der Waals surface area contributed by atoms with E-state index in [-0.39, 0.29) is 11.9 Å². The van der Waals surface area contributed by atoms with Crippen molar-refractivity contribution in [1.82, 2.24) is 0 Å². The molecule has 1 aromatic rings. The highest BCUT2D eigenvalue weighted by molar-refractivity contribution is 6.76. The van der Waals surface area contributed by atoms with Crippen molar-refractivity contribution in [3.8, 4) is 0 Å². The first-order valence-corrected chi connectivity index (χ1v) is 16.1. The van der Waals surface area contributed by atoms with Crippen LogP contribution in [0.5, 0.6) is 0 Å². The number of rotatable bonds is 17. The van der Waals surface area contributed by atoms with Gasteiger partial charge in [-0.1, -0.05) is 89.9 Å². The average molecular weight is 448 g/mol. The lowest BCUT2D eigenvalue weighted by Crippen LogP contribution is -2.18. The van der Waals surface area contributed by atoms with Gasteiger partial charge in [0.1, 0.15) is 0 Å². The van der Waals surface area contributed by atoms with Crippen molar-refractivity contribution in [2.24, 2.45) is 0 Å². The molecule has 0 heterocycles. The predicted molar refractivity (Wildman–Crippen MR) is 135 cm³/mol. The Labute approximate surface area is 191 Å². The molecule has 0 bridgehead atoms. The Morgan fingerprint density at radius 3 is 1.74 bits per heavy atom. The fourth-order valence-electron chi connectivity index (χ4n) is 3.66. The highest BCUT2D eigenvalue weighted by Gasteiger charge is 2.11. The maximum atomic E-state index is 12.1. The van der Waals surface area contributed by atoms with E-state index in [9.17, 15) is 9.59 Å². The number of nitrogens with one attached hydrogen (secondary N) is 1. The third-order valence-electron chi connectivity index (χ3n) is 5.51. The van der Waals surface area contributed by atoms with Crippen LogP contribution in [0.3, 0.4) is 0 Å². The Morgan fingerprint density at radius 2 is 1.26 bits per heavy atom. The lowest BCUT2D eigenvalue weighted by molar-refractivity contribution is -0.116. The van der Waals surface area contributed by atoms with E-state index >= 15 is 0 Å². The molecule has 0 saturated heterocycles. The zero-order valence-electron chi connectivity index (χ0n) is 20.4. The van der Waals surface area contributed by atoms with E-state index in [0.717, 1.165) is 18.5 Å². The van der Waals surface area contributed by atoms with Crippen LogP contribution in [0.2, 0.25) is 25.7 Å². The van der Waals surface area contributed by atoms with Gasteiger partial charge in [0.15, 0.2) is 0 Å². The van der Waals surface area contributed by atoms with Gasteiger partial charge in [0.2, 0.25) is 5.91 Å². The standard InChI is InChI=1S/C26H45NO3Si/c1-5-30-26(29)23-18-20-24(21-19-23)27-25(28)17-15-13-11-9-7-6-8-10-12-14-16-22-31(2,3)4/h18-21H,5-17,22H2,1-4H3,(H,27,28). The van der Waals surface area contributed by atoms with Crippen LogP contribution < -0.4 is 5.32 Å². The van der Waals surface area contributed by atoms with Crippen molar-refractivity contribution in [2.45, 2.75) is 110 Å². The van der Waals surface area contributed by atoms with Gasteiger partial charge in [-0.05, 0) is 37.6 Å². The van der Waals surface area contributed by atoms with Crippen molar-refractivity contribution in [2.75, 3.05) is 11.9 Å². The molecule has 176 valence electrons. The normalized spacial score (nSPS) is 11.4. The summed E-state index contributed by atoms with van der Waals surface area (Å²) in [5.41, 5.74) is 1.22. The Morgan fingerprint density at radius 1 is 0.774 bits per heavy atom. The largest absolute Gasteiger partial charge is 0.462 e. The zero-order valence-corrected chi connectivity index (χ0v) is 21.4. The quantitative estimate of drug-likeness (QED) is 0.150. The molecule has 0 fully saturated rings. The van der Waals surface area contributed by atoms with Crippen LogP contribution in [-0.2, 0) is 9.53 Å². The van der Waals surface area contributed by atoms with Crippen LogP contribution >= 0.6 is 0 Å². The number of esters is 1. The number of carbonyl (C=O) groups excluding carboxylic acids is 2. The van der Waals surface area contributed by atoms with Gasteiger partial charge in [0.25, 0.3) is 0 Å². The highest BCUT2D eigenvalue weighted by Crippen LogP contribution is 2.17. The summed E-state index contributed by atoms with van der Waals surface area (Å²) in [6.45, 7) is 9.53. The summed E-state index contributed by atoms with van der Waals surface area (Å²) in [6, 6.07) is 8.34. The van der Waals surface area contributed by atoms with Crippen LogP contribution in [0.15, 0.2) is 24.3 Å². The van der Waals surface area contributed by atoms with E-state index < -0.39 is 8.07 Å². The highest BCUT2D eigenvalue weighted by atomic mass is 28.3. The molecule has 0 aliphatic rings. The first-order chi connectivity index (χ1) is 14.8. The van der Waals surface area contributed by atoms with Crippen molar-refractivity contribution in [1.29, 1.82) is 0 Å². The summed E-state index contributed by atoms with van der Waals surface area (Å²) < 4.78 is 4.96. The summed E-state index contributed by atoms with van der Waals surface area (Å²) in [7, 11) is -0.831. The Balaban J connectivity index is 1.96. The Bertz CT molecular complexity index is 623. The predicted octanol–water partition coefficient (Wildman–Crippen LogP) is 7.82. The topological polar surface area (TPSA) is 55.4 Å². The number of benzene rings is 1. The lowest BCUT2D eigenvalue weighted by Gasteiger charge is -2.14. The van der Waals surface area contributed by atoms with Gasteiger partial charge < -0.3 is 10.1 Å². The number of unbranched alkanes of at least 4 members (excludes halogenated alkanes) is 10. The number of anilines is 1. The van der Waals surface area contributed by atoms with Crippen LogP contribution in [0.1, 0.15) is 94.3 Å². The van der Waals surface area contributed by atoms with Gasteiger partial charge in [-0.25, -0.2) is 4.79 Å². The second kappa shape index (κ2) is 16.1. The fourth-order valence-corrected chi connectivity index (χ4v) is 4.97. The molecule has 4 nitrogen and oxygen atoms in total. The third-order valence-corrected chi connectivity index (χ3v) is 7.36. The summed E-state index contributed by atoms with van der Waals surface area (Å²) >= 11 is 0. The van der Waals surface area contributed by atoms with Gasteiger partial charge in [0, 0.05) is 20.2 Å². The van der Waals surface area contributed by atoms with Gasteiger partial charge in [0.05, 0.1) is 12.2 Å². The van der Waals surface area contributed by atoms with E-state index in [1.54, 1.807) is 31.2 Å². The van der Waals surface area contributed by atoms with Crippen LogP contribution in [0.4, 0.5) is 5.69 Å². The molecule has 31 heavy (non-hydrogen) atoms. The summed E-state index contributed by atoms with van der Waals surface area (Å²) in [5, 5.41) is 2.90. The van der Waals surface area contributed by atoms with E-state index in [4.69, 9.17) is 4.74 Å². The van der Waals surface area contributed by atoms with Crippen molar-refractivity contribution < 1.29 is 14.3 Å². The van der Waals surface area contributed by atoms with E-state index in [2.05, 4.69) is 25.0 Å². The maximum Gasteiger partial charge on any atom is 0.338 e. The molecular weight excluding hydrogens is 402 g/mol. The number of hydrogen-bond donors (Lipinski definition) is 1. The van der Waals surface area contributed by atoms with E-state index in [0.29, 0.717) is 18.6 Å². The lowest BCUT2D eigenvalue weighted by atomic mass is 10.1. The molecule has 0 aliphatic heterocycles. The Hall–Kier alpha value is -1.62. The molecule has 0 saturated carbocycles. The minimum Gasteiger partial charge on any atom is -0.462 e. The number of ether oxygens (including phenoxy) is 1. The van der Waals surface area contributed by atoms with Gasteiger partial charge in [-0.2, -0.15) is 0 Å². The maximum absolute atomic E-state index is 12.1. The van der Waals surface area contributed by atoms with E-state index in [1.165, 1.54) is 63.8 Å². The fraction of sp³-hybridized carbons (Fsp3) is 0.692.